The summed E-state index contributed by atoms with van der Waals surface area (Å²) >= 11 is 0. The Kier molecular flexibility index (Phi) is 1.43. The minimum Gasteiger partial charge on any atom is -0.398 e. The quantitative estimate of drug-likeness (QED) is 0.643. The standard InChI is InChI=1S/C9H7FN2/c10-7-3-1-2-6-8(11)4-5-12-9(6)7/h1-5H,(H2,11,12). The minimum absolute atomic E-state index is 0.331. The van der Waals surface area contributed by atoms with Crippen molar-refractivity contribution in [2.45, 2.75) is 0 Å². The average Bonchev–Trinajstić information content (AvgIpc) is 2.07. The lowest BCUT2D eigenvalue weighted by atomic mass is 10.2. The Morgan fingerprint density at radius 2 is 2.08 bits per heavy atom. The lowest BCUT2D eigenvalue weighted by Gasteiger charge is -2.00. The van der Waals surface area contributed by atoms with Gasteiger partial charge in [-0.2, -0.15) is 0 Å². The van der Waals surface area contributed by atoms with Gasteiger partial charge in [0.2, 0.25) is 0 Å². The summed E-state index contributed by atoms with van der Waals surface area (Å²) in [5.41, 5.74) is 6.50. The number of hydrogen-bond acceptors (Lipinski definition) is 2. The van der Waals surface area contributed by atoms with Gasteiger partial charge in [-0.25, -0.2) is 4.39 Å². The predicted molar refractivity (Wildman–Crippen MR) is 46.1 cm³/mol. The van der Waals surface area contributed by atoms with Crippen LogP contribution in [0.2, 0.25) is 0 Å². The summed E-state index contributed by atoms with van der Waals surface area (Å²) in [6.45, 7) is 0. The monoisotopic (exact) mass is 162 g/mol. The van der Waals surface area contributed by atoms with Gasteiger partial charge in [0.05, 0.1) is 0 Å². The predicted octanol–water partition coefficient (Wildman–Crippen LogP) is 1.96. The number of nitrogen functional groups attached to an aromatic ring is 1. The first-order valence-electron chi connectivity index (χ1n) is 3.58. The molecule has 12 heavy (non-hydrogen) atoms. The van der Waals surface area contributed by atoms with E-state index in [1.165, 1.54) is 12.3 Å². The molecule has 0 amide bonds. The summed E-state index contributed by atoms with van der Waals surface area (Å²) < 4.78 is 13.0. The van der Waals surface area contributed by atoms with E-state index < -0.39 is 0 Å². The van der Waals surface area contributed by atoms with Crippen LogP contribution >= 0.6 is 0 Å². The van der Waals surface area contributed by atoms with Crippen molar-refractivity contribution in [3.05, 3.63) is 36.3 Å². The Balaban J connectivity index is 2.94. The number of fused-ring (bicyclic) bond motifs is 1. The van der Waals surface area contributed by atoms with Crippen molar-refractivity contribution in [1.82, 2.24) is 4.98 Å². The molecule has 60 valence electrons. The normalized spacial score (nSPS) is 10.4. The molecule has 0 radical (unpaired) electrons. The van der Waals surface area contributed by atoms with Gasteiger partial charge in [0.1, 0.15) is 11.3 Å². The van der Waals surface area contributed by atoms with Gasteiger partial charge < -0.3 is 5.73 Å². The fourth-order valence-electron chi connectivity index (χ4n) is 1.16. The van der Waals surface area contributed by atoms with E-state index in [0.717, 1.165) is 0 Å². The summed E-state index contributed by atoms with van der Waals surface area (Å²) in [6.07, 6.45) is 1.50. The maximum Gasteiger partial charge on any atom is 0.149 e. The molecule has 1 aromatic carbocycles. The minimum atomic E-state index is -0.334. The molecule has 2 nitrogen and oxygen atoms in total. The van der Waals surface area contributed by atoms with Crippen molar-refractivity contribution in [1.29, 1.82) is 0 Å². The van der Waals surface area contributed by atoms with Crippen LogP contribution in [0.25, 0.3) is 10.9 Å². The van der Waals surface area contributed by atoms with Gasteiger partial charge in [0.25, 0.3) is 0 Å². The Bertz CT molecular complexity index is 385. The van der Waals surface area contributed by atoms with Crippen LogP contribution in [0.5, 0.6) is 0 Å². The average molecular weight is 162 g/mol. The molecule has 2 aromatic rings. The molecular formula is C9H7FN2. The molecule has 0 saturated heterocycles. The Morgan fingerprint density at radius 3 is 2.83 bits per heavy atom. The number of nitrogens with two attached hydrogens (primary N) is 1. The lowest BCUT2D eigenvalue weighted by Crippen LogP contribution is -1.90. The largest absolute Gasteiger partial charge is 0.398 e. The van der Waals surface area contributed by atoms with Gasteiger partial charge in [0, 0.05) is 17.3 Å². The van der Waals surface area contributed by atoms with Crippen molar-refractivity contribution in [3.8, 4) is 0 Å². The second kappa shape index (κ2) is 2.44. The van der Waals surface area contributed by atoms with E-state index in [1.807, 2.05) is 0 Å². The summed E-state index contributed by atoms with van der Waals surface area (Å²) in [4.78, 5) is 3.89. The van der Waals surface area contributed by atoms with Crippen LogP contribution in [-0.4, -0.2) is 4.98 Å². The van der Waals surface area contributed by atoms with E-state index >= 15 is 0 Å². The van der Waals surface area contributed by atoms with Crippen molar-refractivity contribution in [2.24, 2.45) is 0 Å². The van der Waals surface area contributed by atoms with Crippen LogP contribution < -0.4 is 5.73 Å². The van der Waals surface area contributed by atoms with E-state index in [-0.39, 0.29) is 5.82 Å². The molecule has 1 aromatic heterocycles. The smallest absolute Gasteiger partial charge is 0.149 e. The van der Waals surface area contributed by atoms with Crippen molar-refractivity contribution >= 4 is 16.6 Å². The second-order valence-electron chi connectivity index (χ2n) is 2.54. The van der Waals surface area contributed by atoms with Crippen LogP contribution in [0.1, 0.15) is 0 Å². The molecular weight excluding hydrogens is 155 g/mol. The third kappa shape index (κ3) is 0.906. The lowest BCUT2D eigenvalue weighted by molar-refractivity contribution is 0.637. The van der Waals surface area contributed by atoms with Crippen molar-refractivity contribution in [3.63, 3.8) is 0 Å². The molecule has 0 unspecified atom stereocenters. The van der Waals surface area contributed by atoms with Crippen LogP contribution in [0, 0.1) is 5.82 Å². The Hall–Kier alpha value is -1.64. The van der Waals surface area contributed by atoms with E-state index in [1.54, 1.807) is 18.2 Å². The Labute approximate surface area is 68.8 Å². The zero-order valence-corrected chi connectivity index (χ0v) is 6.29. The van der Waals surface area contributed by atoms with Crippen molar-refractivity contribution in [2.75, 3.05) is 5.73 Å². The molecule has 0 spiro atoms. The summed E-state index contributed by atoms with van der Waals surface area (Å²) in [5.74, 6) is -0.334. The fraction of sp³-hybridized carbons (Fsp3) is 0. The van der Waals surface area contributed by atoms with E-state index in [9.17, 15) is 4.39 Å². The highest BCUT2D eigenvalue weighted by Crippen LogP contribution is 2.20. The van der Waals surface area contributed by atoms with Crippen LogP contribution in [0.15, 0.2) is 30.5 Å². The molecule has 0 saturated carbocycles. The summed E-state index contributed by atoms with van der Waals surface area (Å²) in [5, 5.41) is 0.664. The molecule has 0 bridgehead atoms. The van der Waals surface area contributed by atoms with Crippen LogP contribution in [0.3, 0.4) is 0 Å². The summed E-state index contributed by atoms with van der Waals surface area (Å²) in [6, 6.07) is 6.40. The third-order valence-corrected chi connectivity index (χ3v) is 1.76. The van der Waals surface area contributed by atoms with E-state index in [4.69, 9.17) is 5.73 Å². The highest BCUT2D eigenvalue weighted by atomic mass is 19.1. The number of para-hydroxylation sites is 1. The second-order valence-corrected chi connectivity index (χ2v) is 2.54. The van der Waals surface area contributed by atoms with Crippen LogP contribution in [-0.2, 0) is 0 Å². The molecule has 0 fully saturated rings. The number of rotatable bonds is 0. The fourth-order valence-corrected chi connectivity index (χ4v) is 1.16. The first kappa shape index (κ1) is 7.03. The number of hydrogen-bond donors (Lipinski definition) is 1. The molecule has 0 aliphatic rings. The van der Waals surface area contributed by atoms with Gasteiger partial charge in [-0.05, 0) is 12.1 Å². The van der Waals surface area contributed by atoms with Crippen molar-refractivity contribution < 1.29 is 4.39 Å². The van der Waals surface area contributed by atoms with E-state index in [2.05, 4.69) is 4.98 Å². The number of nitrogens with zero attached hydrogens (tertiary/aromatic N) is 1. The first-order chi connectivity index (χ1) is 5.79. The zero-order valence-electron chi connectivity index (χ0n) is 6.29. The number of pyridine rings is 1. The van der Waals surface area contributed by atoms with Gasteiger partial charge in [-0.3, -0.25) is 4.98 Å². The highest BCUT2D eigenvalue weighted by Gasteiger charge is 2.01. The molecule has 2 N–H and O–H groups in total. The molecule has 0 aliphatic carbocycles. The van der Waals surface area contributed by atoms with E-state index in [0.29, 0.717) is 16.6 Å². The first-order valence-corrected chi connectivity index (χ1v) is 3.58. The van der Waals surface area contributed by atoms with Gasteiger partial charge in [0.15, 0.2) is 0 Å². The molecule has 1 heterocycles. The topological polar surface area (TPSA) is 38.9 Å². The molecule has 3 heteroatoms. The maximum absolute atomic E-state index is 13.0. The number of aromatic nitrogens is 1. The maximum atomic E-state index is 13.0. The van der Waals surface area contributed by atoms with Gasteiger partial charge >= 0.3 is 0 Å². The SMILES string of the molecule is Nc1ccnc2c(F)cccc12. The summed E-state index contributed by atoms with van der Waals surface area (Å²) in [7, 11) is 0. The number of anilines is 1. The van der Waals surface area contributed by atoms with Gasteiger partial charge in [-0.15, -0.1) is 0 Å². The Morgan fingerprint density at radius 1 is 1.25 bits per heavy atom. The van der Waals surface area contributed by atoms with Crippen LogP contribution in [0.4, 0.5) is 10.1 Å². The van der Waals surface area contributed by atoms with Gasteiger partial charge in [-0.1, -0.05) is 12.1 Å². The highest BCUT2D eigenvalue weighted by molar-refractivity contribution is 5.89. The molecule has 0 aliphatic heterocycles. The number of benzene rings is 1. The molecule has 0 atom stereocenters. The zero-order chi connectivity index (χ0) is 8.55. The molecule has 2 rings (SSSR count). The third-order valence-electron chi connectivity index (χ3n) is 1.76. The number of halogens is 1.